The molecule has 2 aromatic carbocycles. The van der Waals surface area contributed by atoms with Crippen LogP contribution in [-0.2, 0) is 12.7 Å². The van der Waals surface area contributed by atoms with Crippen molar-refractivity contribution < 1.29 is 22.8 Å². The maximum atomic E-state index is 12.5. The van der Waals surface area contributed by atoms with E-state index in [0.29, 0.717) is 16.7 Å². The van der Waals surface area contributed by atoms with E-state index in [0.717, 1.165) is 17.1 Å². The summed E-state index contributed by atoms with van der Waals surface area (Å²) in [6, 6.07) is 10.9. The van der Waals surface area contributed by atoms with E-state index in [9.17, 15) is 22.8 Å². The molecule has 7 heteroatoms. The van der Waals surface area contributed by atoms with Gasteiger partial charge >= 0.3 is 6.18 Å². The SMILES string of the molecule is O=C1c2ccccc2C(=O)N1NCc1ccc(C(F)(F)F)cc1. The van der Waals surface area contributed by atoms with Crippen LogP contribution in [-0.4, -0.2) is 16.8 Å². The first kappa shape index (κ1) is 15.2. The molecule has 0 spiro atoms. The van der Waals surface area contributed by atoms with Crippen molar-refractivity contribution in [1.29, 1.82) is 0 Å². The van der Waals surface area contributed by atoms with Gasteiger partial charge in [0.25, 0.3) is 11.8 Å². The fourth-order valence-corrected chi connectivity index (χ4v) is 2.31. The Balaban J connectivity index is 1.70. The molecule has 1 aliphatic rings. The van der Waals surface area contributed by atoms with Gasteiger partial charge < -0.3 is 0 Å². The minimum Gasteiger partial charge on any atom is -0.267 e. The van der Waals surface area contributed by atoms with Gasteiger partial charge in [0.15, 0.2) is 0 Å². The molecule has 2 aromatic rings. The lowest BCUT2D eigenvalue weighted by Gasteiger charge is -2.15. The molecule has 1 N–H and O–H groups in total. The van der Waals surface area contributed by atoms with Crippen LogP contribution in [0.3, 0.4) is 0 Å². The van der Waals surface area contributed by atoms with E-state index in [-0.39, 0.29) is 6.54 Å². The molecule has 1 heterocycles. The zero-order valence-electron chi connectivity index (χ0n) is 11.7. The highest BCUT2D eigenvalue weighted by Crippen LogP contribution is 2.29. The standard InChI is InChI=1S/C16H11F3N2O2/c17-16(18,19)11-7-5-10(6-8-11)9-20-21-14(22)12-3-1-2-4-13(12)15(21)23/h1-8,20H,9H2. The lowest BCUT2D eigenvalue weighted by Crippen LogP contribution is -2.41. The van der Waals surface area contributed by atoms with Crippen LogP contribution in [0, 0.1) is 0 Å². The van der Waals surface area contributed by atoms with Gasteiger partial charge in [-0.25, -0.2) is 10.4 Å². The molecule has 0 radical (unpaired) electrons. The van der Waals surface area contributed by atoms with Gasteiger partial charge in [-0.15, -0.1) is 0 Å². The van der Waals surface area contributed by atoms with Gasteiger partial charge in [-0.3, -0.25) is 9.59 Å². The molecule has 0 saturated heterocycles. The number of hydrogen-bond acceptors (Lipinski definition) is 3. The molecule has 4 nitrogen and oxygen atoms in total. The number of benzene rings is 2. The Hall–Kier alpha value is -2.67. The van der Waals surface area contributed by atoms with Crippen LogP contribution in [0.4, 0.5) is 13.2 Å². The summed E-state index contributed by atoms with van der Waals surface area (Å²) in [5, 5.41) is 0.877. The van der Waals surface area contributed by atoms with Gasteiger partial charge in [-0.2, -0.15) is 13.2 Å². The van der Waals surface area contributed by atoms with Crippen molar-refractivity contribution in [3.8, 4) is 0 Å². The summed E-state index contributed by atoms with van der Waals surface area (Å²) in [5.41, 5.74) is 3.04. The Bertz CT molecular complexity index is 735. The van der Waals surface area contributed by atoms with E-state index >= 15 is 0 Å². The molecule has 0 bridgehead atoms. The number of fused-ring (bicyclic) bond motifs is 1. The summed E-state index contributed by atoms with van der Waals surface area (Å²) in [7, 11) is 0. The number of amides is 2. The Morgan fingerprint density at radius 1 is 0.870 bits per heavy atom. The van der Waals surface area contributed by atoms with Crippen LogP contribution in [0.25, 0.3) is 0 Å². The summed E-state index contributed by atoms with van der Waals surface area (Å²) >= 11 is 0. The maximum Gasteiger partial charge on any atom is 0.416 e. The lowest BCUT2D eigenvalue weighted by molar-refractivity contribution is -0.137. The fourth-order valence-electron chi connectivity index (χ4n) is 2.31. The highest BCUT2D eigenvalue weighted by molar-refractivity contribution is 6.20. The first-order valence-electron chi connectivity index (χ1n) is 6.75. The Morgan fingerprint density at radius 3 is 1.87 bits per heavy atom. The van der Waals surface area contributed by atoms with Crippen molar-refractivity contribution in [3.05, 3.63) is 70.8 Å². The van der Waals surface area contributed by atoms with Crippen molar-refractivity contribution >= 4 is 11.8 Å². The van der Waals surface area contributed by atoms with Gasteiger partial charge in [-0.1, -0.05) is 24.3 Å². The predicted molar refractivity (Wildman–Crippen MR) is 75.2 cm³/mol. The van der Waals surface area contributed by atoms with Gasteiger partial charge in [0, 0.05) is 6.54 Å². The number of rotatable bonds is 3. The van der Waals surface area contributed by atoms with Crippen LogP contribution in [0.1, 0.15) is 31.8 Å². The highest BCUT2D eigenvalue weighted by atomic mass is 19.4. The van der Waals surface area contributed by atoms with Crippen LogP contribution < -0.4 is 5.43 Å². The van der Waals surface area contributed by atoms with E-state index in [1.807, 2.05) is 0 Å². The monoisotopic (exact) mass is 320 g/mol. The average Bonchev–Trinajstić information content (AvgIpc) is 2.77. The highest BCUT2D eigenvalue weighted by Gasteiger charge is 2.35. The van der Waals surface area contributed by atoms with Crippen molar-refractivity contribution in [3.63, 3.8) is 0 Å². The number of hydrogen-bond donors (Lipinski definition) is 1. The molecule has 23 heavy (non-hydrogen) atoms. The third-order valence-corrected chi connectivity index (χ3v) is 3.52. The summed E-state index contributed by atoms with van der Waals surface area (Å²) in [6.45, 7) is 0.0591. The second-order valence-corrected chi connectivity index (χ2v) is 5.02. The number of hydrazine groups is 1. The molecule has 0 aromatic heterocycles. The summed E-state index contributed by atoms with van der Waals surface area (Å²) in [4.78, 5) is 24.2. The number of carbonyl (C=O) groups is 2. The number of imide groups is 1. The number of nitrogens with zero attached hydrogens (tertiary/aromatic N) is 1. The van der Waals surface area contributed by atoms with Gasteiger partial charge in [0.1, 0.15) is 0 Å². The molecule has 0 aliphatic carbocycles. The van der Waals surface area contributed by atoms with Crippen molar-refractivity contribution in [2.45, 2.75) is 12.7 Å². The average molecular weight is 320 g/mol. The zero-order chi connectivity index (χ0) is 16.6. The maximum absolute atomic E-state index is 12.5. The first-order valence-corrected chi connectivity index (χ1v) is 6.75. The van der Waals surface area contributed by atoms with E-state index in [1.54, 1.807) is 24.3 Å². The second kappa shape index (κ2) is 5.51. The van der Waals surface area contributed by atoms with E-state index in [2.05, 4.69) is 5.43 Å². The molecule has 0 fully saturated rings. The molecule has 2 amide bonds. The third-order valence-electron chi connectivity index (χ3n) is 3.52. The Labute approximate surface area is 129 Å². The fraction of sp³-hybridized carbons (Fsp3) is 0.125. The van der Waals surface area contributed by atoms with Crippen LogP contribution >= 0.6 is 0 Å². The van der Waals surface area contributed by atoms with Crippen molar-refractivity contribution in [2.24, 2.45) is 0 Å². The number of carbonyl (C=O) groups excluding carboxylic acids is 2. The van der Waals surface area contributed by atoms with Gasteiger partial charge in [0.2, 0.25) is 0 Å². The number of alkyl halides is 3. The largest absolute Gasteiger partial charge is 0.416 e. The van der Waals surface area contributed by atoms with E-state index in [1.165, 1.54) is 12.1 Å². The number of halogens is 3. The van der Waals surface area contributed by atoms with Gasteiger partial charge in [0.05, 0.1) is 16.7 Å². The quantitative estimate of drug-likeness (QED) is 0.885. The second-order valence-electron chi connectivity index (χ2n) is 5.02. The smallest absolute Gasteiger partial charge is 0.267 e. The van der Waals surface area contributed by atoms with E-state index < -0.39 is 23.6 Å². The molecule has 0 saturated carbocycles. The summed E-state index contributed by atoms with van der Waals surface area (Å²) < 4.78 is 37.5. The summed E-state index contributed by atoms with van der Waals surface area (Å²) in [5.74, 6) is -0.949. The predicted octanol–water partition coefficient (Wildman–Crippen LogP) is 3.01. The Morgan fingerprint density at radius 2 is 1.39 bits per heavy atom. The minimum atomic E-state index is -4.39. The van der Waals surface area contributed by atoms with Crippen LogP contribution in [0.5, 0.6) is 0 Å². The minimum absolute atomic E-state index is 0.0591. The molecule has 3 rings (SSSR count). The molecule has 0 atom stereocenters. The zero-order valence-corrected chi connectivity index (χ0v) is 11.7. The lowest BCUT2D eigenvalue weighted by atomic mass is 10.1. The van der Waals surface area contributed by atoms with Crippen molar-refractivity contribution in [2.75, 3.05) is 0 Å². The Kier molecular flexibility index (Phi) is 3.65. The summed E-state index contributed by atoms with van der Waals surface area (Å²) in [6.07, 6.45) is -4.39. The molecular weight excluding hydrogens is 309 g/mol. The van der Waals surface area contributed by atoms with Crippen LogP contribution in [0.15, 0.2) is 48.5 Å². The van der Waals surface area contributed by atoms with Crippen LogP contribution in [0.2, 0.25) is 0 Å². The molecular formula is C16H11F3N2O2. The molecule has 0 unspecified atom stereocenters. The topological polar surface area (TPSA) is 49.4 Å². The van der Waals surface area contributed by atoms with Crippen molar-refractivity contribution in [1.82, 2.24) is 10.4 Å². The third kappa shape index (κ3) is 2.83. The normalized spacial score (nSPS) is 14.3. The first-order chi connectivity index (χ1) is 10.9. The molecule has 118 valence electrons. The van der Waals surface area contributed by atoms with Gasteiger partial charge in [-0.05, 0) is 29.8 Å². The molecule has 1 aliphatic heterocycles. The number of nitrogens with one attached hydrogen (secondary N) is 1. The van der Waals surface area contributed by atoms with E-state index in [4.69, 9.17) is 0 Å².